The fourth-order valence-corrected chi connectivity index (χ4v) is 2.95. The number of anilines is 2. The zero-order valence-electron chi connectivity index (χ0n) is 14.4. The minimum Gasteiger partial charge on any atom is -0.368 e. The van der Waals surface area contributed by atoms with E-state index in [0.717, 1.165) is 29.1 Å². The molecule has 1 aliphatic rings. The number of nitrogens with one attached hydrogen (secondary N) is 1. The highest BCUT2D eigenvalue weighted by Gasteiger charge is 2.30. The third-order valence-electron chi connectivity index (χ3n) is 4.40. The first kappa shape index (κ1) is 18.1. The van der Waals surface area contributed by atoms with Gasteiger partial charge in [0.25, 0.3) is 0 Å². The molecule has 0 atom stereocenters. The summed E-state index contributed by atoms with van der Waals surface area (Å²) >= 11 is 0. The molecular formula is C19H20F3N3O. The normalized spacial score (nSPS) is 15.1. The van der Waals surface area contributed by atoms with Crippen molar-refractivity contribution in [3.05, 3.63) is 59.7 Å². The molecule has 1 saturated heterocycles. The van der Waals surface area contributed by atoms with Crippen LogP contribution in [-0.4, -0.2) is 37.1 Å². The van der Waals surface area contributed by atoms with Crippen molar-refractivity contribution in [2.75, 3.05) is 36.4 Å². The highest BCUT2D eigenvalue weighted by Crippen LogP contribution is 2.30. The van der Waals surface area contributed by atoms with Crippen LogP contribution in [0.4, 0.5) is 29.3 Å². The number of hydrogen-bond acceptors (Lipinski definition) is 2. The zero-order valence-corrected chi connectivity index (χ0v) is 14.4. The van der Waals surface area contributed by atoms with Gasteiger partial charge in [-0.2, -0.15) is 13.2 Å². The van der Waals surface area contributed by atoms with Gasteiger partial charge >= 0.3 is 12.2 Å². The van der Waals surface area contributed by atoms with Gasteiger partial charge in [-0.3, -0.25) is 0 Å². The van der Waals surface area contributed by atoms with Crippen LogP contribution in [0.15, 0.2) is 48.5 Å². The molecule has 1 aliphatic heterocycles. The zero-order chi connectivity index (χ0) is 18.7. The molecule has 1 fully saturated rings. The molecular weight excluding hydrogens is 343 g/mol. The third kappa shape index (κ3) is 4.28. The number of benzene rings is 2. The highest BCUT2D eigenvalue weighted by molar-refractivity contribution is 5.89. The third-order valence-corrected chi connectivity index (χ3v) is 4.40. The molecule has 2 aromatic carbocycles. The van der Waals surface area contributed by atoms with Gasteiger partial charge in [0.2, 0.25) is 0 Å². The summed E-state index contributed by atoms with van der Waals surface area (Å²) in [7, 11) is 0. The van der Waals surface area contributed by atoms with E-state index in [-0.39, 0.29) is 6.03 Å². The molecule has 138 valence electrons. The van der Waals surface area contributed by atoms with Crippen molar-refractivity contribution in [3.63, 3.8) is 0 Å². The molecule has 0 saturated carbocycles. The molecule has 0 aliphatic carbocycles. The van der Waals surface area contributed by atoms with Crippen LogP contribution in [-0.2, 0) is 6.18 Å². The topological polar surface area (TPSA) is 35.6 Å². The molecule has 0 spiro atoms. The Balaban J connectivity index is 1.56. The molecule has 1 heterocycles. The van der Waals surface area contributed by atoms with E-state index in [4.69, 9.17) is 0 Å². The van der Waals surface area contributed by atoms with Crippen molar-refractivity contribution in [1.82, 2.24) is 4.90 Å². The van der Waals surface area contributed by atoms with Gasteiger partial charge in [0, 0.05) is 37.6 Å². The fourth-order valence-electron chi connectivity index (χ4n) is 2.95. The Kier molecular flexibility index (Phi) is 5.06. The van der Waals surface area contributed by atoms with Gasteiger partial charge in [0.05, 0.1) is 5.56 Å². The van der Waals surface area contributed by atoms with E-state index in [1.165, 1.54) is 12.1 Å². The van der Waals surface area contributed by atoms with E-state index in [2.05, 4.69) is 5.32 Å². The first-order chi connectivity index (χ1) is 12.3. The molecule has 3 rings (SSSR count). The number of halogens is 3. The second-order valence-corrected chi connectivity index (χ2v) is 6.32. The van der Waals surface area contributed by atoms with E-state index in [9.17, 15) is 18.0 Å². The van der Waals surface area contributed by atoms with Gasteiger partial charge in [0.1, 0.15) is 0 Å². The maximum Gasteiger partial charge on any atom is 0.416 e. The van der Waals surface area contributed by atoms with Crippen LogP contribution >= 0.6 is 0 Å². The molecule has 0 bridgehead atoms. The summed E-state index contributed by atoms with van der Waals surface area (Å²) in [6, 6.07) is 12.5. The van der Waals surface area contributed by atoms with Crippen molar-refractivity contribution in [2.24, 2.45) is 0 Å². The molecule has 0 radical (unpaired) electrons. The number of piperazine rings is 1. The maximum atomic E-state index is 12.6. The van der Waals surface area contributed by atoms with Crippen LogP contribution in [0.25, 0.3) is 0 Å². The summed E-state index contributed by atoms with van der Waals surface area (Å²) in [4.78, 5) is 16.0. The van der Waals surface area contributed by atoms with Gasteiger partial charge in [-0.25, -0.2) is 4.79 Å². The van der Waals surface area contributed by atoms with Gasteiger partial charge in [-0.15, -0.1) is 0 Å². The number of alkyl halides is 3. The number of aryl methyl sites for hydroxylation is 1. The Hall–Kier alpha value is -2.70. The summed E-state index contributed by atoms with van der Waals surface area (Å²) in [5.41, 5.74) is 1.89. The lowest BCUT2D eigenvalue weighted by Crippen LogP contribution is -2.50. The SMILES string of the molecule is Cc1cccc(NC(=O)N2CCN(c3ccc(C(F)(F)F)cc3)CC2)c1. The first-order valence-corrected chi connectivity index (χ1v) is 8.38. The van der Waals surface area contributed by atoms with Crippen LogP contribution < -0.4 is 10.2 Å². The van der Waals surface area contributed by atoms with Crippen molar-refractivity contribution in [3.8, 4) is 0 Å². The molecule has 0 aromatic heterocycles. The van der Waals surface area contributed by atoms with Crippen LogP contribution in [0.1, 0.15) is 11.1 Å². The van der Waals surface area contributed by atoms with Gasteiger partial charge in [-0.1, -0.05) is 12.1 Å². The van der Waals surface area contributed by atoms with Crippen molar-refractivity contribution >= 4 is 17.4 Å². The monoisotopic (exact) mass is 363 g/mol. The summed E-state index contributed by atoms with van der Waals surface area (Å²) in [6.07, 6.45) is -4.33. The number of rotatable bonds is 2. The van der Waals surface area contributed by atoms with Gasteiger partial charge < -0.3 is 15.1 Å². The predicted molar refractivity (Wildman–Crippen MR) is 95.4 cm³/mol. The summed E-state index contributed by atoms with van der Waals surface area (Å²) in [5, 5.41) is 2.87. The van der Waals surface area contributed by atoms with E-state index in [1.54, 1.807) is 4.90 Å². The van der Waals surface area contributed by atoms with Crippen LogP contribution in [0.2, 0.25) is 0 Å². The van der Waals surface area contributed by atoms with Crippen molar-refractivity contribution in [2.45, 2.75) is 13.1 Å². The van der Waals surface area contributed by atoms with Crippen molar-refractivity contribution in [1.29, 1.82) is 0 Å². The fraction of sp³-hybridized carbons (Fsp3) is 0.316. The summed E-state index contributed by atoms with van der Waals surface area (Å²) < 4.78 is 37.9. The number of carbonyl (C=O) groups excluding carboxylic acids is 1. The molecule has 2 aromatic rings. The Morgan fingerprint density at radius 1 is 1.00 bits per heavy atom. The average Bonchev–Trinajstić information content (AvgIpc) is 2.61. The molecule has 4 nitrogen and oxygen atoms in total. The Labute approximate surface area is 150 Å². The van der Waals surface area contributed by atoms with Crippen molar-refractivity contribution < 1.29 is 18.0 Å². The number of hydrogen-bond donors (Lipinski definition) is 1. The van der Waals surface area contributed by atoms with E-state index in [1.807, 2.05) is 36.1 Å². The second kappa shape index (κ2) is 7.27. The second-order valence-electron chi connectivity index (χ2n) is 6.32. The van der Waals surface area contributed by atoms with Crippen LogP contribution in [0.5, 0.6) is 0 Å². The first-order valence-electron chi connectivity index (χ1n) is 8.38. The molecule has 2 amide bonds. The largest absolute Gasteiger partial charge is 0.416 e. The molecule has 26 heavy (non-hydrogen) atoms. The lowest BCUT2D eigenvalue weighted by Gasteiger charge is -2.36. The number of amides is 2. The quantitative estimate of drug-likeness (QED) is 0.860. The predicted octanol–water partition coefficient (Wildman–Crippen LogP) is 4.37. The van der Waals surface area contributed by atoms with Gasteiger partial charge in [0.15, 0.2) is 0 Å². The molecule has 7 heteroatoms. The Morgan fingerprint density at radius 2 is 1.65 bits per heavy atom. The number of urea groups is 1. The van der Waals surface area contributed by atoms with E-state index >= 15 is 0 Å². The van der Waals surface area contributed by atoms with Gasteiger partial charge in [-0.05, 0) is 48.9 Å². The smallest absolute Gasteiger partial charge is 0.368 e. The minimum atomic E-state index is -4.33. The highest BCUT2D eigenvalue weighted by atomic mass is 19.4. The average molecular weight is 363 g/mol. The summed E-state index contributed by atoms with van der Waals surface area (Å²) in [6.45, 7) is 4.13. The number of carbonyl (C=O) groups is 1. The maximum absolute atomic E-state index is 12.6. The minimum absolute atomic E-state index is 0.164. The Bertz CT molecular complexity index is 766. The Morgan fingerprint density at radius 3 is 2.23 bits per heavy atom. The summed E-state index contributed by atoms with van der Waals surface area (Å²) in [5.74, 6) is 0. The molecule has 1 N–H and O–H groups in total. The van der Waals surface area contributed by atoms with Crippen LogP contribution in [0, 0.1) is 6.92 Å². The standard InChI is InChI=1S/C19H20F3N3O/c1-14-3-2-4-16(13-14)23-18(26)25-11-9-24(10-12-25)17-7-5-15(6-8-17)19(20,21)22/h2-8,13H,9-12H2,1H3,(H,23,26). The number of nitrogens with zero attached hydrogens (tertiary/aromatic N) is 2. The van der Waals surface area contributed by atoms with E-state index in [0.29, 0.717) is 26.2 Å². The van der Waals surface area contributed by atoms with E-state index < -0.39 is 11.7 Å². The lowest BCUT2D eigenvalue weighted by molar-refractivity contribution is -0.137. The lowest BCUT2D eigenvalue weighted by atomic mass is 10.1. The molecule has 0 unspecified atom stereocenters. The van der Waals surface area contributed by atoms with Crippen LogP contribution in [0.3, 0.4) is 0 Å².